The van der Waals surface area contributed by atoms with Gasteiger partial charge in [0.2, 0.25) is 0 Å². The maximum Gasteiger partial charge on any atom is 0.193 e. The molecular formula is C23H30O3S. The lowest BCUT2D eigenvalue weighted by atomic mass is 10.0. The predicted octanol–water partition coefficient (Wildman–Crippen LogP) is 5.97. The first-order chi connectivity index (χ1) is 13.2. The number of thiol groups is 1. The average Bonchev–Trinajstić information content (AvgIpc) is 2.71. The summed E-state index contributed by atoms with van der Waals surface area (Å²) in [7, 11) is 0. The molecule has 146 valence electrons. The van der Waals surface area contributed by atoms with E-state index in [9.17, 15) is 4.79 Å². The Balaban J connectivity index is 1.74. The lowest BCUT2D eigenvalue weighted by Gasteiger charge is -2.08. The van der Waals surface area contributed by atoms with Gasteiger partial charge in [-0.15, -0.1) is 0 Å². The van der Waals surface area contributed by atoms with E-state index in [0.29, 0.717) is 17.7 Å². The van der Waals surface area contributed by atoms with Gasteiger partial charge in [0.1, 0.15) is 11.5 Å². The molecule has 0 unspecified atom stereocenters. The molecule has 0 bridgehead atoms. The molecule has 0 spiro atoms. The Kier molecular flexibility index (Phi) is 9.85. The minimum atomic E-state index is 0.00538. The first-order valence-corrected chi connectivity index (χ1v) is 10.5. The van der Waals surface area contributed by atoms with E-state index in [4.69, 9.17) is 9.47 Å². The van der Waals surface area contributed by atoms with Crippen LogP contribution in [0.25, 0.3) is 0 Å². The summed E-state index contributed by atoms with van der Waals surface area (Å²) in [4.78, 5) is 12.5. The number of unbranched alkanes of at least 4 members (excludes halogenated alkanes) is 5. The Labute approximate surface area is 168 Å². The average molecular weight is 387 g/mol. The van der Waals surface area contributed by atoms with Gasteiger partial charge in [-0.2, -0.15) is 12.6 Å². The second kappa shape index (κ2) is 12.4. The molecule has 0 saturated carbocycles. The number of ether oxygens (including phenoxy) is 2. The van der Waals surface area contributed by atoms with Crippen LogP contribution in [-0.2, 0) is 0 Å². The van der Waals surface area contributed by atoms with Crippen LogP contribution in [0.1, 0.15) is 61.4 Å². The van der Waals surface area contributed by atoms with E-state index in [-0.39, 0.29) is 5.78 Å². The molecule has 2 aromatic rings. The molecule has 0 amide bonds. The normalized spacial score (nSPS) is 10.6. The summed E-state index contributed by atoms with van der Waals surface area (Å²) in [5.41, 5.74) is 1.32. The lowest BCUT2D eigenvalue weighted by Crippen LogP contribution is -2.02. The van der Waals surface area contributed by atoms with Gasteiger partial charge in [0.15, 0.2) is 5.78 Å². The zero-order chi connectivity index (χ0) is 19.3. The Morgan fingerprint density at radius 3 is 1.74 bits per heavy atom. The van der Waals surface area contributed by atoms with Crippen LogP contribution in [0, 0.1) is 0 Å². The smallest absolute Gasteiger partial charge is 0.193 e. The number of carbonyl (C=O) groups excluding carboxylic acids is 1. The lowest BCUT2D eigenvalue weighted by molar-refractivity contribution is 0.103. The molecule has 0 aliphatic carbocycles. The Bertz CT molecular complexity index is 665. The minimum absolute atomic E-state index is 0.00538. The molecule has 0 aromatic heterocycles. The Morgan fingerprint density at radius 1 is 0.741 bits per heavy atom. The van der Waals surface area contributed by atoms with Gasteiger partial charge in [0.05, 0.1) is 13.2 Å². The van der Waals surface area contributed by atoms with Crippen molar-refractivity contribution in [3.8, 4) is 11.5 Å². The molecule has 3 nitrogen and oxygen atoms in total. The first kappa shape index (κ1) is 21.4. The van der Waals surface area contributed by atoms with Gasteiger partial charge < -0.3 is 9.47 Å². The zero-order valence-electron chi connectivity index (χ0n) is 16.2. The molecule has 2 rings (SSSR count). The van der Waals surface area contributed by atoms with Gasteiger partial charge in [-0.1, -0.05) is 25.7 Å². The van der Waals surface area contributed by atoms with Crippen LogP contribution in [0.3, 0.4) is 0 Å². The molecule has 4 heteroatoms. The number of ketones is 1. The van der Waals surface area contributed by atoms with Crippen molar-refractivity contribution in [3.63, 3.8) is 0 Å². The highest BCUT2D eigenvalue weighted by Crippen LogP contribution is 2.18. The summed E-state index contributed by atoms with van der Waals surface area (Å²) >= 11 is 4.23. The molecule has 0 saturated heterocycles. The van der Waals surface area contributed by atoms with Gasteiger partial charge in [0, 0.05) is 11.1 Å². The molecule has 0 radical (unpaired) electrons. The van der Waals surface area contributed by atoms with Crippen LogP contribution in [0.15, 0.2) is 48.5 Å². The molecule has 0 fully saturated rings. The van der Waals surface area contributed by atoms with Gasteiger partial charge >= 0.3 is 0 Å². The van der Waals surface area contributed by atoms with Crippen molar-refractivity contribution in [1.29, 1.82) is 0 Å². The molecule has 2 aromatic carbocycles. The third-order valence-corrected chi connectivity index (χ3v) is 4.68. The minimum Gasteiger partial charge on any atom is -0.494 e. The summed E-state index contributed by atoms with van der Waals surface area (Å²) < 4.78 is 11.2. The van der Waals surface area contributed by atoms with Crippen molar-refractivity contribution < 1.29 is 14.3 Å². The van der Waals surface area contributed by atoms with Gasteiger partial charge in [0.25, 0.3) is 0 Å². The molecule has 0 heterocycles. The van der Waals surface area contributed by atoms with Crippen LogP contribution in [0.5, 0.6) is 11.5 Å². The van der Waals surface area contributed by atoms with E-state index in [1.54, 1.807) is 12.1 Å². The Morgan fingerprint density at radius 2 is 1.22 bits per heavy atom. The van der Waals surface area contributed by atoms with Crippen LogP contribution in [0.4, 0.5) is 0 Å². The maximum absolute atomic E-state index is 12.5. The third kappa shape index (κ3) is 7.67. The van der Waals surface area contributed by atoms with Crippen molar-refractivity contribution in [2.45, 2.75) is 45.4 Å². The van der Waals surface area contributed by atoms with E-state index in [1.807, 2.05) is 43.3 Å². The maximum atomic E-state index is 12.5. The van der Waals surface area contributed by atoms with Crippen molar-refractivity contribution in [1.82, 2.24) is 0 Å². The summed E-state index contributed by atoms with van der Waals surface area (Å²) in [6.07, 6.45) is 7.28. The molecule has 27 heavy (non-hydrogen) atoms. The number of carbonyl (C=O) groups is 1. The molecule has 0 atom stereocenters. The van der Waals surface area contributed by atoms with Crippen molar-refractivity contribution in [2.24, 2.45) is 0 Å². The van der Waals surface area contributed by atoms with Crippen molar-refractivity contribution in [3.05, 3.63) is 59.7 Å². The van der Waals surface area contributed by atoms with E-state index < -0.39 is 0 Å². The molecule has 0 aliphatic heterocycles. The number of benzene rings is 2. The predicted molar refractivity (Wildman–Crippen MR) is 115 cm³/mol. The van der Waals surface area contributed by atoms with E-state index in [1.165, 1.54) is 32.1 Å². The van der Waals surface area contributed by atoms with Crippen molar-refractivity contribution in [2.75, 3.05) is 19.0 Å². The quantitative estimate of drug-likeness (QED) is 0.262. The van der Waals surface area contributed by atoms with Crippen LogP contribution < -0.4 is 9.47 Å². The van der Waals surface area contributed by atoms with Crippen LogP contribution >= 0.6 is 12.6 Å². The fraction of sp³-hybridized carbons (Fsp3) is 0.435. The summed E-state index contributed by atoms with van der Waals surface area (Å²) in [6.45, 7) is 3.28. The largest absolute Gasteiger partial charge is 0.494 e. The first-order valence-electron chi connectivity index (χ1n) is 9.86. The summed E-state index contributed by atoms with van der Waals surface area (Å²) in [5, 5.41) is 0. The number of rotatable bonds is 13. The number of hydrogen-bond donors (Lipinski definition) is 1. The monoisotopic (exact) mass is 386 g/mol. The summed E-state index contributed by atoms with van der Waals surface area (Å²) in [5.74, 6) is 2.58. The topological polar surface area (TPSA) is 35.5 Å². The van der Waals surface area contributed by atoms with E-state index in [0.717, 1.165) is 30.3 Å². The fourth-order valence-electron chi connectivity index (χ4n) is 2.85. The highest BCUT2D eigenvalue weighted by molar-refractivity contribution is 7.80. The van der Waals surface area contributed by atoms with Gasteiger partial charge in [-0.3, -0.25) is 4.79 Å². The highest BCUT2D eigenvalue weighted by Gasteiger charge is 2.09. The number of hydrogen-bond acceptors (Lipinski definition) is 4. The highest BCUT2D eigenvalue weighted by atomic mass is 32.1. The second-order valence-electron chi connectivity index (χ2n) is 6.50. The summed E-state index contributed by atoms with van der Waals surface area (Å²) in [6, 6.07) is 14.6. The van der Waals surface area contributed by atoms with Gasteiger partial charge in [-0.25, -0.2) is 0 Å². The van der Waals surface area contributed by atoms with Crippen LogP contribution in [-0.4, -0.2) is 24.7 Å². The van der Waals surface area contributed by atoms with E-state index in [2.05, 4.69) is 12.6 Å². The zero-order valence-corrected chi connectivity index (χ0v) is 17.0. The third-order valence-electron chi connectivity index (χ3n) is 4.37. The second-order valence-corrected chi connectivity index (χ2v) is 6.95. The van der Waals surface area contributed by atoms with Crippen LogP contribution in [0.2, 0.25) is 0 Å². The molecule has 0 N–H and O–H groups in total. The van der Waals surface area contributed by atoms with Crippen molar-refractivity contribution >= 4 is 18.4 Å². The SMILES string of the molecule is CCOc1ccc(C(=O)c2ccc(OCCCCCCCCS)cc2)cc1. The van der Waals surface area contributed by atoms with E-state index >= 15 is 0 Å². The molecule has 0 aliphatic rings. The molecular weight excluding hydrogens is 356 g/mol. The van der Waals surface area contributed by atoms with Gasteiger partial charge in [-0.05, 0) is 74.0 Å². The standard InChI is InChI=1S/C23H30O3S/c1-2-25-21-13-9-19(10-14-21)23(24)20-11-15-22(16-12-20)26-17-7-5-3-4-6-8-18-27/h9-16,27H,2-8,17-18H2,1H3. The fourth-order valence-corrected chi connectivity index (χ4v) is 3.07. The Hall–Kier alpha value is -1.94.